The van der Waals surface area contributed by atoms with Crippen LogP contribution in [0.5, 0.6) is 0 Å². The van der Waals surface area contributed by atoms with Gasteiger partial charge in [-0.1, -0.05) is 13.8 Å². The van der Waals surface area contributed by atoms with Crippen LogP contribution in [0.3, 0.4) is 0 Å². The highest BCUT2D eigenvalue weighted by molar-refractivity contribution is 6.58. The molecule has 0 bridgehead atoms. The molecule has 0 rings (SSSR count). The number of ether oxygens (including phenoxy) is 3. The minimum atomic E-state index is -0.660. The van der Waals surface area contributed by atoms with Crippen molar-refractivity contribution in [2.24, 2.45) is 5.92 Å². The summed E-state index contributed by atoms with van der Waals surface area (Å²) in [5.74, 6) is 0.000644. The van der Waals surface area contributed by atoms with Crippen LogP contribution in [0.2, 0.25) is 0 Å². The van der Waals surface area contributed by atoms with Crippen LogP contribution in [0, 0.1) is 5.92 Å². The standard InChI is InChI=1S/C12H22N2O6.C3H6BNO/c1-9(2)10(8-15)14-12(17)20-7-6-19-5-4-13-11(16)18-3;1-5-2-3(4)6/h8-10H,4-7H2,1-3H3,(H,13,16)(H,14,17);5H,2H2,1H3. The zero-order valence-corrected chi connectivity index (χ0v) is 15.7. The number of rotatable bonds is 11. The Balaban J connectivity index is 0. The second kappa shape index (κ2) is 17.7. The molecule has 10 nitrogen and oxygen atoms in total. The van der Waals surface area contributed by atoms with E-state index in [4.69, 9.17) is 17.3 Å². The summed E-state index contributed by atoms with van der Waals surface area (Å²) >= 11 is 0. The van der Waals surface area contributed by atoms with Crippen molar-refractivity contribution in [3.63, 3.8) is 0 Å². The average Bonchev–Trinajstić information content (AvgIpc) is 2.58. The van der Waals surface area contributed by atoms with Gasteiger partial charge in [0, 0.05) is 13.1 Å². The molecule has 0 spiro atoms. The quantitative estimate of drug-likeness (QED) is 0.244. The molecule has 3 N–H and O–H groups in total. The van der Waals surface area contributed by atoms with Crippen molar-refractivity contribution in [2.75, 3.05) is 47.1 Å². The van der Waals surface area contributed by atoms with Gasteiger partial charge >= 0.3 is 12.2 Å². The van der Waals surface area contributed by atoms with Crippen molar-refractivity contribution >= 4 is 32.0 Å². The minimum Gasteiger partial charge on any atom is -0.453 e. The van der Waals surface area contributed by atoms with Crippen molar-refractivity contribution in [3.8, 4) is 0 Å². The molecule has 0 heterocycles. The van der Waals surface area contributed by atoms with Crippen LogP contribution in [-0.4, -0.2) is 85.1 Å². The Morgan fingerprint density at radius 2 is 1.77 bits per heavy atom. The lowest BCUT2D eigenvalue weighted by molar-refractivity contribution is -0.111. The van der Waals surface area contributed by atoms with Crippen LogP contribution in [0.15, 0.2) is 0 Å². The number of nitrogens with one attached hydrogen (secondary N) is 3. The van der Waals surface area contributed by atoms with Gasteiger partial charge in [0.15, 0.2) is 7.85 Å². The predicted molar refractivity (Wildman–Crippen MR) is 95.1 cm³/mol. The highest BCUT2D eigenvalue weighted by Crippen LogP contribution is 1.98. The second-order valence-corrected chi connectivity index (χ2v) is 5.21. The Morgan fingerprint density at radius 3 is 2.19 bits per heavy atom. The van der Waals surface area contributed by atoms with E-state index in [0.29, 0.717) is 12.8 Å². The van der Waals surface area contributed by atoms with E-state index in [1.165, 1.54) is 7.11 Å². The highest BCUT2D eigenvalue weighted by Gasteiger charge is 2.15. The number of alkyl carbamates (subject to hydrolysis) is 2. The summed E-state index contributed by atoms with van der Waals surface area (Å²) in [5, 5.41) is 7.46. The molecule has 1 unspecified atom stereocenters. The number of carbonyl (C=O) groups is 4. The molecular weight excluding hydrogens is 345 g/mol. The van der Waals surface area contributed by atoms with Gasteiger partial charge in [-0.3, -0.25) is 0 Å². The van der Waals surface area contributed by atoms with Crippen molar-refractivity contribution in [1.82, 2.24) is 16.0 Å². The molecule has 0 saturated carbocycles. The lowest BCUT2D eigenvalue weighted by Crippen LogP contribution is -2.40. The van der Waals surface area contributed by atoms with Crippen molar-refractivity contribution in [3.05, 3.63) is 0 Å². The summed E-state index contributed by atoms with van der Waals surface area (Å²) < 4.78 is 14.3. The van der Waals surface area contributed by atoms with Crippen molar-refractivity contribution < 1.29 is 33.4 Å². The molecule has 1 atom stereocenters. The average molecular weight is 373 g/mol. The first-order valence-electron chi connectivity index (χ1n) is 7.99. The lowest BCUT2D eigenvalue weighted by Gasteiger charge is -2.15. The van der Waals surface area contributed by atoms with Gasteiger partial charge in [-0.05, 0) is 13.0 Å². The minimum absolute atomic E-state index is 0.000644. The second-order valence-electron chi connectivity index (χ2n) is 5.21. The fraction of sp³-hybridized carbons (Fsp3) is 0.733. The van der Waals surface area contributed by atoms with Gasteiger partial charge in [0.1, 0.15) is 12.9 Å². The van der Waals surface area contributed by atoms with E-state index in [9.17, 15) is 19.2 Å². The predicted octanol–water partition coefficient (Wildman–Crippen LogP) is -0.790. The summed E-state index contributed by atoms with van der Waals surface area (Å²) in [6.45, 7) is 4.74. The van der Waals surface area contributed by atoms with Crippen molar-refractivity contribution in [2.45, 2.75) is 19.9 Å². The van der Waals surface area contributed by atoms with Crippen LogP contribution < -0.4 is 16.0 Å². The first-order chi connectivity index (χ1) is 12.3. The summed E-state index contributed by atoms with van der Waals surface area (Å²) in [6.07, 6.45) is -0.522. The number of hydrogen-bond acceptors (Lipinski definition) is 8. The van der Waals surface area contributed by atoms with Crippen LogP contribution in [-0.2, 0) is 23.8 Å². The number of likely N-dealkylation sites (N-methyl/N-ethyl adjacent to an activating group) is 1. The molecule has 2 amide bonds. The van der Waals surface area contributed by atoms with E-state index in [-0.39, 0.29) is 38.0 Å². The molecule has 2 radical (unpaired) electrons. The third-order valence-corrected chi connectivity index (χ3v) is 2.66. The molecule has 11 heteroatoms. The van der Waals surface area contributed by atoms with Gasteiger partial charge in [-0.25, -0.2) is 9.59 Å². The zero-order valence-electron chi connectivity index (χ0n) is 15.7. The first kappa shape index (κ1) is 26.1. The normalized spacial score (nSPS) is 10.8. The van der Waals surface area contributed by atoms with E-state index in [2.05, 4.69) is 20.7 Å². The Morgan fingerprint density at radius 1 is 1.12 bits per heavy atom. The zero-order chi connectivity index (χ0) is 20.4. The van der Waals surface area contributed by atoms with Crippen LogP contribution in [0.25, 0.3) is 0 Å². The molecule has 0 aromatic carbocycles. The molecule has 148 valence electrons. The number of amides is 2. The fourth-order valence-electron chi connectivity index (χ4n) is 1.30. The lowest BCUT2D eigenvalue weighted by atomic mass is 10.0. The van der Waals surface area contributed by atoms with Crippen LogP contribution >= 0.6 is 0 Å². The molecule has 0 aromatic rings. The van der Waals surface area contributed by atoms with Gasteiger partial charge in [0.25, 0.3) is 0 Å². The number of hydrogen-bond donors (Lipinski definition) is 3. The summed E-state index contributed by atoms with van der Waals surface area (Å²) in [4.78, 5) is 42.4. The molecule has 0 fully saturated rings. The van der Waals surface area contributed by atoms with Gasteiger partial charge in [0.2, 0.25) is 0 Å². The Kier molecular flexibility index (Phi) is 17.7. The maximum absolute atomic E-state index is 11.3. The third-order valence-electron chi connectivity index (χ3n) is 2.66. The molecular formula is C15H28BN3O7. The fourth-order valence-corrected chi connectivity index (χ4v) is 1.30. The summed E-state index contributed by atoms with van der Waals surface area (Å²) in [6, 6.07) is -0.562. The van der Waals surface area contributed by atoms with Gasteiger partial charge in [-0.15, -0.1) is 0 Å². The molecule has 0 aromatic heterocycles. The smallest absolute Gasteiger partial charge is 0.407 e. The first-order valence-corrected chi connectivity index (χ1v) is 7.99. The topological polar surface area (TPSA) is 132 Å². The van der Waals surface area contributed by atoms with Crippen LogP contribution in [0.1, 0.15) is 13.8 Å². The molecule has 0 aliphatic rings. The monoisotopic (exact) mass is 373 g/mol. The van der Waals surface area contributed by atoms with Gasteiger partial charge in [0.05, 0.1) is 32.0 Å². The van der Waals surface area contributed by atoms with E-state index < -0.39 is 18.2 Å². The number of carbonyl (C=O) groups excluding carboxylic acids is 4. The Bertz CT molecular complexity index is 422. The number of aldehydes is 1. The highest BCUT2D eigenvalue weighted by atomic mass is 16.6. The molecule has 0 saturated heterocycles. The Labute approximate surface area is 155 Å². The van der Waals surface area contributed by atoms with E-state index in [0.717, 1.165) is 0 Å². The molecule has 0 aliphatic carbocycles. The van der Waals surface area contributed by atoms with Gasteiger partial charge in [-0.2, -0.15) is 0 Å². The Hall–Kier alpha value is -2.14. The van der Waals surface area contributed by atoms with Crippen molar-refractivity contribution in [1.29, 1.82) is 0 Å². The number of methoxy groups -OCH3 is 1. The van der Waals surface area contributed by atoms with Crippen LogP contribution in [0.4, 0.5) is 9.59 Å². The van der Waals surface area contributed by atoms with E-state index in [1.54, 1.807) is 7.05 Å². The summed E-state index contributed by atoms with van der Waals surface area (Å²) in [5.41, 5.74) is -0.322. The maximum atomic E-state index is 11.3. The largest absolute Gasteiger partial charge is 0.453 e. The van der Waals surface area contributed by atoms with E-state index >= 15 is 0 Å². The SMILES string of the molecule is COC(=O)NCCOCCOC(=O)NC(C=O)C(C)C.[B]C(=O)CNC. The summed E-state index contributed by atoms with van der Waals surface area (Å²) in [7, 11) is 7.64. The molecule has 0 aliphatic heterocycles. The maximum Gasteiger partial charge on any atom is 0.407 e. The molecule has 26 heavy (non-hydrogen) atoms. The third kappa shape index (κ3) is 18.2. The van der Waals surface area contributed by atoms with Gasteiger partial charge < -0.3 is 39.8 Å². The van der Waals surface area contributed by atoms with E-state index in [1.807, 2.05) is 13.8 Å².